The highest BCUT2D eigenvalue weighted by Crippen LogP contribution is 2.56. The Kier molecular flexibility index (Phi) is 8.27. The van der Waals surface area contributed by atoms with Crippen molar-refractivity contribution < 1.29 is 40.5 Å². The van der Waals surface area contributed by atoms with E-state index in [1.54, 1.807) is 43.3 Å². The number of nitrogens with one attached hydrogen (secondary N) is 1. The molecule has 2 amide bonds. The first kappa shape index (κ1) is 33.0. The molecule has 2 aliphatic heterocycles. The van der Waals surface area contributed by atoms with Gasteiger partial charge in [-0.1, -0.05) is 36.4 Å². The van der Waals surface area contributed by atoms with Crippen LogP contribution in [-0.2, 0) is 20.4 Å². The van der Waals surface area contributed by atoms with E-state index in [9.17, 15) is 33.2 Å². The molecule has 0 bridgehead atoms. The fourth-order valence-corrected chi connectivity index (χ4v) is 8.64. The van der Waals surface area contributed by atoms with Gasteiger partial charge in [0.25, 0.3) is 0 Å². The highest BCUT2D eigenvalue weighted by Gasteiger charge is 2.75. The summed E-state index contributed by atoms with van der Waals surface area (Å²) in [5.74, 6) is -5.32. The molecule has 0 spiro atoms. The number of pyridine rings is 1. The van der Waals surface area contributed by atoms with Gasteiger partial charge in [-0.3, -0.25) is 0 Å². The van der Waals surface area contributed by atoms with Gasteiger partial charge in [0, 0.05) is 36.0 Å². The van der Waals surface area contributed by atoms with Crippen LogP contribution in [-0.4, -0.2) is 60.1 Å². The van der Waals surface area contributed by atoms with Crippen LogP contribution in [0.1, 0.15) is 29.5 Å². The Hall–Kier alpha value is -5.90. The van der Waals surface area contributed by atoms with E-state index in [2.05, 4.69) is 10.3 Å². The Balaban J connectivity index is 1.81. The van der Waals surface area contributed by atoms with Gasteiger partial charge in [-0.2, -0.15) is 23.7 Å². The maximum Gasteiger partial charge on any atom is 0.537 e. The molecule has 4 unspecified atom stereocenters. The summed E-state index contributed by atoms with van der Waals surface area (Å²) in [4.78, 5) is 33.9. The molecule has 15 heteroatoms. The second-order valence-electron chi connectivity index (χ2n) is 11.3. The van der Waals surface area contributed by atoms with Crippen molar-refractivity contribution in [1.29, 1.82) is 10.5 Å². The summed E-state index contributed by atoms with van der Waals surface area (Å²) in [6.07, 6.45) is -1.01. The zero-order chi connectivity index (χ0) is 35.1. The SMILES string of the molecule is CCOc1ccccc1C1(C2CNc3ccccc32)C(=O)[N+](C(=O)O)(S(=O)(=O)c2ccc(F)cc2F)CC(C#N)N1c1ccc(C#N)cn1. The number of hydrogen-bond acceptors (Lipinski definition) is 10. The normalized spacial score (nSPS) is 23.1. The fourth-order valence-electron chi connectivity index (χ4n) is 6.86. The number of fused-ring (bicyclic) bond motifs is 1. The first-order valence-electron chi connectivity index (χ1n) is 15.0. The largest absolute Gasteiger partial charge is 0.537 e. The third kappa shape index (κ3) is 4.77. The van der Waals surface area contributed by atoms with Gasteiger partial charge in [-0.25, -0.2) is 18.6 Å². The van der Waals surface area contributed by atoms with Gasteiger partial charge in [0.15, 0.2) is 22.3 Å². The molecule has 0 radical (unpaired) electrons. The number of carbonyl (C=O) groups is 2. The van der Waals surface area contributed by atoms with Crippen molar-refractivity contribution in [3.63, 3.8) is 0 Å². The Morgan fingerprint density at radius 1 is 1.12 bits per heavy atom. The molecule has 1 aromatic heterocycles. The number of aromatic nitrogens is 1. The second-order valence-corrected chi connectivity index (χ2v) is 13.3. The Morgan fingerprint density at radius 2 is 1.86 bits per heavy atom. The maximum absolute atomic E-state index is 15.8. The third-order valence-electron chi connectivity index (χ3n) is 8.87. The number of piperazine rings is 1. The number of anilines is 2. The number of rotatable bonds is 7. The Bertz CT molecular complexity index is 2190. The van der Waals surface area contributed by atoms with E-state index in [1.165, 1.54) is 35.4 Å². The molecule has 6 rings (SSSR count). The van der Waals surface area contributed by atoms with Crippen molar-refractivity contribution in [2.45, 2.75) is 29.3 Å². The van der Waals surface area contributed by atoms with Crippen LogP contribution in [0.15, 0.2) is 90.0 Å². The van der Waals surface area contributed by atoms with Crippen molar-refractivity contribution in [3.8, 4) is 17.9 Å². The number of imide groups is 1. The standard InChI is InChI=1S/C34H26F2N6O6S/c1-2-48-29-10-6-4-8-25(29)34(26-19-39-28-9-5-3-7-24(26)28)32(43)42(33(44)45,49(46,47)30-13-12-22(35)15-27(30)36)20-23(17-38)41(34)31-14-11-21(16-37)18-40-31/h3-15,18,23,26,39H,2,19-20H2,1H3/p+1. The number of halogens is 2. The second kappa shape index (κ2) is 12.3. The lowest BCUT2D eigenvalue weighted by atomic mass is 9.70. The van der Waals surface area contributed by atoms with Crippen LogP contribution in [0.3, 0.4) is 0 Å². The van der Waals surface area contributed by atoms with E-state index in [4.69, 9.17) is 4.74 Å². The van der Waals surface area contributed by atoms with Crippen molar-refractivity contribution in [1.82, 2.24) is 4.98 Å². The number of hydrogen-bond donors (Lipinski definition) is 2. The summed E-state index contributed by atoms with van der Waals surface area (Å²) in [5, 5.41) is 34.5. The fraction of sp³-hybridized carbons (Fsp3) is 0.206. The van der Waals surface area contributed by atoms with Gasteiger partial charge in [0.1, 0.15) is 30.0 Å². The lowest BCUT2D eigenvalue weighted by molar-refractivity contribution is -0.660. The van der Waals surface area contributed by atoms with Crippen LogP contribution >= 0.6 is 0 Å². The van der Waals surface area contributed by atoms with Gasteiger partial charge in [-0.15, -0.1) is 0 Å². The quantitative estimate of drug-likeness (QED) is 0.255. The minimum atomic E-state index is -5.65. The van der Waals surface area contributed by atoms with E-state index >= 15 is 9.18 Å². The van der Waals surface area contributed by atoms with Gasteiger partial charge in [0.05, 0.1) is 18.2 Å². The van der Waals surface area contributed by atoms with Gasteiger partial charge < -0.3 is 20.1 Å². The van der Waals surface area contributed by atoms with Crippen LogP contribution in [0.2, 0.25) is 0 Å². The summed E-state index contributed by atoms with van der Waals surface area (Å²) in [6.45, 7) is 0.485. The molecule has 1 fully saturated rings. The monoisotopic (exact) mass is 685 g/mol. The minimum absolute atomic E-state index is 0.00925. The average Bonchev–Trinajstić information content (AvgIpc) is 3.53. The highest BCUT2D eigenvalue weighted by atomic mass is 32.2. The molecule has 3 aromatic carbocycles. The molecule has 4 atom stereocenters. The van der Waals surface area contributed by atoms with E-state index < -0.39 is 66.5 Å². The van der Waals surface area contributed by atoms with E-state index in [-0.39, 0.29) is 41.9 Å². The molecule has 3 heterocycles. The molecule has 1 saturated heterocycles. The molecule has 2 aliphatic rings. The summed E-state index contributed by atoms with van der Waals surface area (Å²) in [6, 6.07) is 19.4. The van der Waals surface area contributed by atoms with Gasteiger partial charge in [0.2, 0.25) is 0 Å². The zero-order valence-corrected chi connectivity index (χ0v) is 26.6. The number of quaternary nitrogens is 1. The third-order valence-corrected chi connectivity index (χ3v) is 11.1. The Morgan fingerprint density at radius 3 is 2.51 bits per heavy atom. The Labute approximate surface area is 279 Å². The van der Waals surface area contributed by atoms with Crippen molar-refractivity contribution in [2.75, 3.05) is 29.9 Å². The summed E-state index contributed by atoms with van der Waals surface area (Å²) in [7, 11) is -5.65. The van der Waals surface area contributed by atoms with E-state index in [0.717, 1.165) is 0 Å². The summed E-state index contributed by atoms with van der Waals surface area (Å²) in [5.41, 5.74) is -1.24. The number of sulfonamides is 1. The van der Waals surface area contributed by atoms with Crippen molar-refractivity contribution in [3.05, 3.63) is 113 Å². The number of para-hydroxylation sites is 2. The van der Waals surface area contributed by atoms with Crippen LogP contribution in [0.25, 0.3) is 0 Å². The molecular formula is C34H27F2N6O6S+. The van der Waals surface area contributed by atoms with E-state index in [0.29, 0.717) is 23.4 Å². The average molecular weight is 686 g/mol. The lowest BCUT2D eigenvalue weighted by Crippen LogP contribution is -2.79. The van der Waals surface area contributed by atoms with Crippen molar-refractivity contribution >= 4 is 33.5 Å². The smallest absolute Gasteiger partial charge is 0.493 e. The predicted molar refractivity (Wildman–Crippen MR) is 169 cm³/mol. The first-order valence-corrected chi connectivity index (χ1v) is 16.4. The first-order chi connectivity index (χ1) is 23.5. The summed E-state index contributed by atoms with van der Waals surface area (Å²) < 4.78 is 62.2. The molecule has 49 heavy (non-hydrogen) atoms. The number of amides is 2. The van der Waals surface area contributed by atoms with Crippen LogP contribution in [0.4, 0.5) is 25.1 Å². The van der Waals surface area contributed by atoms with Gasteiger partial charge >= 0.3 is 22.0 Å². The predicted octanol–water partition coefficient (Wildman–Crippen LogP) is 4.86. The number of nitriles is 2. The molecule has 0 aliphatic carbocycles. The number of carbonyl (C=O) groups excluding carboxylic acids is 1. The number of carboxylic acid groups (broad SMARTS) is 1. The van der Waals surface area contributed by atoms with Crippen molar-refractivity contribution in [2.24, 2.45) is 0 Å². The maximum atomic E-state index is 15.8. The van der Waals surface area contributed by atoms with Crippen LogP contribution in [0.5, 0.6) is 5.75 Å². The lowest BCUT2D eigenvalue weighted by Gasteiger charge is -2.54. The zero-order valence-electron chi connectivity index (χ0n) is 25.7. The molecule has 4 aromatic rings. The van der Waals surface area contributed by atoms with Crippen LogP contribution in [0, 0.1) is 34.3 Å². The number of ether oxygens (including phenoxy) is 1. The van der Waals surface area contributed by atoms with Crippen LogP contribution < -0.4 is 15.0 Å². The molecule has 248 valence electrons. The number of nitrogens with zero attached hydrogens (tertiary/aromatic N) is 5. The highest BCUT2D eigenvalue weighted by molar-refractivity contribution is 7.86. The molecule has 2 N–H and O–H groups in total. The number of benzene rings is 3. The molecular weight excluding hydrogens is 658 g/mol. The minimum Gasteiger partial charge on any atom is -0.493 e. The molecule has 0 saturated carbocycles. The topological polar surface area (TPSA) is 173 Å². The summed E-state index contributed by atoms with van der Waals surface area (Å²) >= 11 is 0. The molecule has 12 nitrogen and oxygen atoms in total. The van der Waals surface area contributed by atoms with E-state index in [1.807, 2.05) is 12.1 Å². The van der Waals surface area contributed by atoms with Gasteiger partial charge in [-0.05, 0) is 52.8 Å².